The van der Waals surface area contributed by atoms with Crippen LogP contribution in [0.1, 0.15) is 42.6 Å². The van der Waals surface area contributed by atoms with Crippen molar-refractivity contribution in [1.82, 2.24) is 5.32 Å². The van der Waals surface area contributed by atoms with Gasteiger partial charge in [-0.25, -0.2) is 0 Å². The topological polar surface area (TPSA) is 55.1 Å². The van der Waals surface area contributed by atoms with Crippen LogP contribution < -0.4 is 11.1 Å². The first-order valence-corrected chi connectivity index (χ1v) is 6.58. The fourth-order valence-electron chi connectivity index (χ4n) is 1.67. The van der Waals surface area contributed by atoms with E-state index in [1.54, 1.807) is 11.3 Å². The van der Waals surface area contributed by atoms with Gasteiger partial charge in [0, 0.05) is 11.9 Å². The van der Waals surface area contributed by atoms with Gasteiger partial charge in [0.1, 0.15) is 0 Å². The van der Waals surface area contributed by atoms with Crippen molar-refractivity contribution in [2.75, 3.05) is 6.54 Å². The first-order valence-electron chi connectivity index (χ1n) is 5.64. The number of hydrogen-bond acceptors (Lipinski definition) is 3. The van der Waals surface area contributed by atoms with Gasteiger partial charge < -0.3 is 11.1 Å². The van der Waals surface area contributed by atoms with Crippen molar-refractivity contribution in [3.05, 3.63) is 21.9 Å². The Morgan fingerprint density at radius 1 is 1.44 bits per heavy atom. The van der Waals surface area contributed by atoms with Gasteiger partial charge in [-0.2, -0.15) is 11.3 Å². The van der Waals surface area contributed by atoms with Crippen LogP contribution in [0.15, 0.2) is 10.8 Å². The summed E-state index contributed by atoms with van der Waals surface area (Å²) in [5.74, 6) is -0.00657. The minimum absolute atomic E-state index is 0.00657. The van der Waals surface area contributed by atoms with Gasteiger partial charge in [-0.15, -0.1) is 0 Å². The summed E-state index contributed by atoms with van der Waals surface area (Å²) >= 11 is 1.55. The van der Waals surface area contributed by atoms with Gasteiger partial charge in [0.25, 0.3) is 5.91 Å². The Hall–Kier alpha value is -0.870. The van der Waals surface area contributed by atoms with Crippen molar-refractivity contribution in [3.8, 4) is 0 Å². The van der Waals surface area contributed by atoms with Crippen LogP contribution >= 0.6 is 11.3 Å². The van der Waals surface area contributed by atoms with Crippen LogP contribution in [-0.2, 0) is 0 Å². The lowest BCUT2D eigenvalue weighted by atomic mass is 9.92. The molecular weight excluding hydrogens is 220 g/mol. The van der Waals surface area contributed by atoms with Gasteiger partial charge in [-0.1, -0.05) is 13.8 Å². The highest BCUT2D eigenvalue weighted by molar-refractivity contribution is 7.08. The number of hydrogen-bond donors (Lipinski definition) is 2. The average Bonchev–Trinajstić information content (AvgIpc) is 2.72. The second kappa shape index (κ2) is 5.46. The molecule has 0 unspecified atom stereocenters. The largest absolute Gasteiger partial charge is 0.345 e. The molecule has 0 saturated heterocycles. The molecule has 0 aliphatic heterocycles. The average molecular weight is 240 g/mol. The zero-order valence-electron chi connectivity index (χ0n) is 10.2. The zero-order chi connectivity index (χ0) is 12.2. The lowest BCUT2D eigenvalue weighted by Crippen LogP contribution is -2.52. The van der Waals surface area contributed by atoms with E-state index in [0.29, 0.717) is 6.54 Å². The summed E-state index contributed by atoms with van der Waals surface area (Å²) in [6.07, 6.45) is 1.71. The molecule has 0 aromatic carbocycles. The second-order valence-electron chi connectivity index (χ2n) is 4.11. The van der Waals surface area contributed by atoms with Crippen LogP contribution in [0.5, 0.6) is 0 Å². The molecule has 1 rings (SSSR count). The third-order valence-corrected chi connectivity index (χ3v) is 4.08. The normalized spacial score (nSPS) is 11.5. The van der Waals surface area contributed by atoms with Crippen LogP contribution in [0.4, 0.5) is 0 Å². The first-order chi connectivity index (χ1) is 7.58. The van der Waals surface area contributed by atoms with Gasteiger partial charge in [0.15, 0.2) is 0 Å². The van der Waals surface area contributed by atoms with E-state index in [0.717, 1.165) is 24.0 Å². The number of rotatable bonds is 5. The van der Waals surface area contributed by atoms with E-state index >= 15 is 0 Å². The molecule has 1 aromatic heterocycles. The van der Waals surface area contributed by atoms with E-state index in [4.69, 9.17) is 5.73 Å². The molecule has 1 heterocycles. The molecule has 0 radical (unpaired) electrons. The van der Waals surface area contributed by atoms with Crippen LogP contribution in [0.25, 0.3) is 0 Å². The molecule has 16 heavy (non-hydrogen) atoms. The van der Waals surface area contributed by atoms with Crippen molar-refractivity contribution < 1.29 is 4.79 Å². The van der Waals surface area contributed by atoms with E-state index in [1.165, 1.54) is 0 Å². The molecular formula is C12H20N2OS. The fourth-order valence-corrected chi connectivity index (χ4v) is 2.50. The molecule has 3 nitrogen and oxygen atoms in total. The Bertz CT molecular complexity index is 347. The third-order valence-electron chi connectivity index (χ3n) is 3.22. The van der Waals surface area contributed by atoms with Gasteiger partial charge >= 0.3 is 0 Å². The third kappa shape index (κ3) is 2.62. The lowest BCUT2D eigenvalue weighted by molar-refractivity contribution is 0.0895. The summed E-state index contributed by atoms with van der Waals surface area (Å²) in [7, 11) is 0. The predicted molar refractivity (Wildman–Crippen MR) is 68.9 cm³/mol. The maximum absolute atomic E-state index is 12.1. The molecule has 0 atom stereocenters. The molecule has 1 aromatic rings. The maximum Gasteiger partial charge on any atom is 0.252 e. The van der Waals surface area contributed by atoms with Crippen molar-refractivity contribution in [2.24, 2.45) is 5.73 Å². The zero-order valence-corrected chi connectivity index (χ0v) is 11.0. The number of amides is 1. The van der Waals surface area contributed by atoms with Gasteiger partial charge in [0.05, 0.1) is 11.1 Å². The molecule has 1 amide bonds. The highest BCUT2D eigenvalue weighted by Crippen LogP contribution is 2.18. The van der Waals surface area contributed by atoms with Gasteiger partial charge in [-0.05, 0) is 30.7 Å². The summed E-state index contributed by atoms with van der Waals surface area (Å²) in [6.45, 7) is 6.54. The SMILES string of the molecule is CCC(CC)(CN)NC(=O)c1cscc1C. The molecule has 0 bridgehead atoms. The van der Waals surface area contributed by atoms with Crippen LogP contribution in [0.2, 0.25) is 0 Å². The predicted octanol–water partition coefficient (Wildman–Crippen LogP) is 2.30. The monoisotopic (exact) mass is 240 g/mol. The van der Waals surface area contributed by atoms with Crippen LogP contribution in [0, 0.1) is 6.92 Å². The molecule has 0 aliphatic rings. The number of nitrogens with two attached hydrogens (primary N) is 1. The van der Waals surface area contributed by atoms with E-state index in [9.17, 15) is 4.79 Å². The Balaban J connectivity index is 2.81. The molecule has 90 valence electrons. The highest BCUT2D eigenvalue weighted by atomic mass is 32.1. The Morgan fingerprint density at radius 2 is 2.06 bits per heavy atom. The summed E-state index contributed by atoms with van der Waals surface area (Å²) in [6, 6.07) is 0. The van der Waals surface area contributed by atoms with Gasteiger partial charge in [0.2, 0.25) is 0 Å². The van der Waals surface area contributed by atoms with Crippen molar-refractivity contribution >= 4 is 17.2 Å². The number of nitrogens with one attached hydrogen (secondary N) is 1. The second-order valence-corrected chi connectivity index (χ2v) is 4.86. The van der Waals surface area contributed by atoms with E-state index in [-0.39, 0.29) is 11.4 Å². The van der Waals surface area contributed by atoms with Crippen LogP contribution in [-0.4, -0.2) is 18.0 Å². The molecule has 0 fully saturated rings. The van der Waals surface area contributed by atoms with Crippen LogP contribution in [0.3, 0.4) is 0 Å². The summed E-state index contributed by atoms with van der Waals surface area (Å²) in [5, 5.41) is 6.93. The maximum atomic E-state index is 12.1. The quantitative estimate of drug-likeness (QED) is 0.829. The van der Waals surface area contributed by atoms with Crippen molar-refractivity contribution in [2.45, 2.75) is 39.2 Å². The standard InChI is InChI=1S/C12H20N2OS/c1-4-12(5-2,8-13)14-11(15)10-7-16-6-9(10)3/h6-7H,4-5,8,13H2,1-3H3,(H,14,15). The van der Waals surface area contributed by atoms with E-state index < -0.39 is 0 Å². The Morgan fingerprint density at radius 3 is 2.44 bits per heavy atom. The van der Waals surface area contributed by atoms with Crippen molar-refractivity contribution in [3.63, 3.8) is 0 Å². The molecule has 0 saturated carbocycles. The summed E-state index contributed by atoms with van der Waals surface area (Å²) in [4.78, 5) is 12.1. The molecule has 0 spiro atoms. The molecule has 3 N–H and O–H groups in total. The highest BCUT2D eigenvalue weighted by Gasteiger charge is 2.27. The lowest BCUT2D eigenvalue weighted by Gasteiger charge is -2.31. The number of carbonyl (C=O) groups is 1. The molecule has 4 heteroatoms. The minimum Gasteiger partial charge on any atom is -0.345 e. The number of carbonyl (C=O) groups excluding carboxylic acids is 1. The fraction of sp³-hybridized carbons (Fsp3) is 0.583. The minimum atomic E-state index is -0.258. The number of aryl methyl sites for hydroxylation is 1. The van der Waals surface area contributed by atoms with Crippen molar-refractivity contribution in [1.29, 1.82) is 0 Å². The summed E-state index contributed by atoms with van der Waals surface area (Å²) < 4.78 is 0. The van der Waals surface area contributed by atoms with E-state index in [2.05, 4.69) is 19.2 Å². The van der Waals surface area contributed by atoms with Gasteiger partial charge in [-0.3, -0.25) is 4.79 Å². The first kappa shape index (κ1) is 13.2. The Kier molecular flexibility index (Phi) is 4.50. The molecule has 0 aliphatic carbocycles. The summed E-state index contributed by atoms with van der Waals surface area (Å²) in [5.41, 5.74) is 7.29. The van der Waals surface area contributed by atoms with E-state index in [1.807, 2.05) is 17.7 Å². The smallest absolute Gasteiger partial charge is 0.252 e. The number of thiophene rings is 1. The Labute approximate surface area is 101 Å².